The van der Waals surface area contributed by atoms with Crippen LogP contribution in [0.4, 0.5) is 5.69 Å². The van der Waals surface area contributed by atoms with Gasteiger partial charge in [-0.1, -0.05) is 24.3 Å². The Morgan fingerprint density at radius 2 is 1.58 bits per heavy atom. The fraction of sp³-hybridized carbons (Fsp3) is 0.200. The van der Waals surface area contributed by atoms with Crippen LogP contribution >= 0.6 is 15.9 Å². The molecule has 0 radical (unpaired) electrons. The minimum atomic E-state index is -0.871. The van der Waals surface area contributed by atoms with Gasteiger partial charge >= 0.3 is 0 Å². The van der Waals surface area contributed by atoms with Gasteiger partial charge < -0.3 is 9.64 Å². The maximum absolute atomic E-state index is 14.1. The summed E-state index contributed by atoms with van der Waals surface area (Å²) in [5.41, 5.74) is 3.16. The second-order valence-electron chi connectivity index (χ2n) is 9.66. The molecule has 0 aliphatic carbocycles. The van der Waals surface area contributed by atoms with Crippen molar-refractivity contribution in [1.29, 1.82) is 0 Å². The number of halogens is 1. The number of ketones is 2. The molecule has 3 heterocycles. The van der Waals surface area contributed by atoms with Crippen LogP contribution in [0.2, 0.25) is 0 Å². The van der Waals surface area contributed by atoms with Gasteiger partial charge in [0.2, 0.25) is 11.8 Å². The lowest BCUT2D eigenvalue weighted by atomic mass is 9.83. The van der Waals surface area contributed by atoms with Gasteiger partial charge in [0, 0.05) is 17.3 Å². The van der Waals surface area contributed by atoms with E-state index in [9.17, 15) is 19.2 Å². The Morgan fingerprint density at radius 1 is 0.895 bits per heavy atom. The van der Waals surface area contributed by atoms with E-state index in [4.69, 9.17) is 4.74 Å². The first-order chi connectivity index (χ1) is 18.3. The quantitative estimate of drug-likeness (QED) is 0.315. The number of methoxy groups -OCH3 is 1. The fourth-order valence-corrected chi connectivity index (χ4v) is 6.49. The highest BCUT2D eigenvalue weighted by Gasteiger charge is 2.64. The summed E-state index contributed by atoms with van der Waals surface area (Å²) in [6, 6.07) is 17.9. The molecular formula is C30H23BrN2O5. The van der Waals surface area contributed by atoms with E-state index in [0.717, 1.165) is 11.1 Å². The van der Waals surface area contributed by atoms with Gasteiger partial charge in [0.25, 0.3) is 0 Å². The van der Waals surface area contributed by atoms with E-state index >= 15 is 0 Å². The van der Waals surface area contributed by atoms with Crippen molar-refractivity contribution >= 4 is 51.1 Å². The van der Waals surface area contributed by atoms with Crippen LogP contribution in [-0.4, -0.2) is 41.4 Å². The Labute approximate surface area is 227 Å². The zero-order valence-electron chi connectivity index (χ0n) is 20.6. The lowest BCUT2D eigenvalue weighted by molar-refractivity contribution is -0.123. The number of Topliss-reactive ketones (excluding diaryl/α,β-unsaturated/α-hetero) is 2. The molecule has 6 rings (SSSR count). The molecule has 3 aromatic rings. The number of ether oxygens (including phenoxy) is 1. The summed E-state index contributed by atoms with van der Waals surface area (Å²) in [5.74, 6) is -2.14. The number of hydrogen-bond acceptors (Lipinski definition) is 6. The van der Waals surface area contributed by atoms with Crippen LogP contribution in [0.1, 0.15) is 44.8 Å². The Morgan fingerprint density at radius 3 is 2.26 bits per heavy atom. The van der Waals surface area contributed by atoms with E-state index in [-0.39, 0.29) is 17.5 Å². The van der Waals surface area contributed by atoms with Crippen molar-refractivity contribution in [3.05, 3.63) is 99.7 Å². The van der Waals surface area contributed by atoms with Crippen molar-refractivity contribution in [2.75, 3.05) is 12.0 Å². The van der Waals surface area contributed by atoms with Gasteiger partial charge in [-0.05, 0) is 82.5 Å². The van der Waals surface area contributed by atoms with E-state index in [1.54, 1.807) is 49.6 Å². The Kier molecular flexibility index (Phi) is 5.79. The SMILES string of the molecule is COc1ccc(C(=O)C2C3C(=O)N(c4ccc(C(C)=O)cc4)C(=O)C3C3c4ccccc4C=CN23)cc1Br. The predicted octanol–water partition coefficient (Wildman–Crippen LogP) is 5.06. The van der Waals surface area contributed by atoms with Gasteiger partial charge in [0.15, 0.2) is 11.6 Å². The summed E-state index contributed by atoms with van der Waals surface area (Å²) in [5, 5.41) is 0. The third-order valence-corrected chi connectivity index (χ3v) is 8.32. The lowest BCUT2D eigenvalue weighted by Crippen LogP contribution is -2.44. The predicted molar refractivity (Wildman–Crippen MR) is 145 cm³/mol. The fourth-order valence-electron chi connectivity index (χ4n) is 5.95. The molecule has 4 atom stereocenters. The van der Waals surface area contributed by atoms with Gasteiger partial charge in [-0.15, -0.1) is 0 Å². The standard InChI is InChI=1S/C30H23BrN2O5/c1-16(34)17-7-10-20(11-8-17)33-29(36)24-25(30(33)37)27(28(35)19-9-12-23(38-2)22(31)15-19)32-14-13-18-5-3-4-6-21(18)26(24)32/h3-15,24-27H,1-2H3. The normalized spacial score (nSPS) is 23.2. The first-order valence-corrected chi connectivity index (χ1v) is 13.0. The average molecular weight is 571 g/mol. The maximum atomic E-state index is 14.1. The second-order valence-corrected chi connectivity index (χ2v) is 10.5. The Balaban J connectivity index is 1.46. The molecule has 38 heavy (non-hydrogen) atoms. The van der Waals surface area contributed by atoms with Gasteiger partial charge in [-0.2, -0.15) is 0 Å². The molecule has 0 saturated carbocycles. The number of rotatable bonds is 5. The van der Waals surface area contributed by atoms with Crippen molar-refractivity contribution in [2.45, 2.75) is 19.0 Å². The highest BCUT2D eigenvalue weighted by molar-refractivity contribution is 9.10. The van der Waals surface area contributed by atoms with Crippen LogP contribution in [0.5, 0.6) is 5.75 Å². The number of nitrogens with zero attached hydrogens (tertiary/aromatic N) is 2. The van der Waals surface area contributed by atoms with Gasteiger partial charge in [0.1, 0.15) is 11.8 Å². The molecule has 0 N–H and O–H groups in total. The van der Waals surface area contributed by atoms with Crippen LogP contribution in [0, 0.1) is 11.8 Å². The molecule has 0 spiro atoms. The molecule has 2 saturated heterocycles. The maximum Gasteiger partial charge on any atom is 0.240 e. The third kappa shape index (κ3) is 3.55. The molecule has 0 aromatic heterocycles. The van der Waals surface area contributed by atoms with Crippen molar-refractivity contribution in [3.63, 3.8) is 0 Å². The molecule has 2 amide bonds. The number of carbonyl (C=O) groups is 4. The molecule has 190 valence electrons. The minimum absolute atomic E-state index is 0.106. The second kappa shape index (κ2) is 9.06. The minimum Gasteiger partial charge on any atom is -0.496 e. The summed E-state index contributed by atoms with van der Waals surface area (Å²) in [6.45, 7) is 1.46. The van der Waals surface area contributed by atoms with Crippen LogP contribution in [-0.2, 0) is 9.59 Å². The zero-order chi connectivity index (χ0) is 26.7. The Bertz CT molecular complexity index is 1550. The van der Waals surface area contributed by atoms with E-state index < -0.39 is 29.8 Å². The molecule has 8 heteroatoms. The van der Waals surface area contributed by atoms with Gasteiger partial charge in [-0.3, -0.25) is 19.2 Å². The highest BCUT2D eigenvalue weighted by atomic mass is 79.9. The van der Waals surface area contributed by atoms with Crippen molar-refractivity contribution in [3.8, 4) is 5.75 Å². The lowest BCUT2D eigenvalue weighted by Gasteiger charge is -2.35. The highest BCUT2D eigenvalue weighted by Crippen LogP contribution is 2.53. The molecule has 7 nitrogen and oxygen atoms in total. The van der Waals surface area contributed by atoms with Crippen LogP contribution in [0.25, 0.3) is 6.08 Å². The van der Waals surface area contributed by atoms with E-state index in [1.807, 2.05) is 41.4 Å². The van der Waals surface area contributed by atoms with Crippen molar-refractivity contribution in [1.82, 2.24) is 4.90 Å². The number of imide groups is 1. The summed E-state index contributed by atoms with van der Waals surface area (Å²) in [4.78, 5) is 56.8. The van der Waals surface area contributed by atoms with E-state index in [2.05, 4.69) is 15.9 Å². The van der Waals surface area contributed by atoms with Crippen molar-refractivity contribution < 1.29 is 23.9 Å². The van der Waals surface area contributed by atoms with Gasteiger partial charge in [-0.25, -0.2) is 4.90 Å². The molecule has 4 unspecified atom stereocenters. The number of hydrogen-bond donors (Lipinski definition) is 0. The van der Waals surface area contributed by atoms with Gasteiger partial charge in [0.05, 0.1) is 35.1 Å². The first-order valence-electron chi connectivity index (χ1n) is 12.2. The molecule has 3 aliphatic rings. The van der Waals surface area contributed by atoms with E-state index in [1.165, 1.54) is 11.8 Å². The Hall–Kier alpha value is -4.04. The third-order valence-electron chi connectivity index (χ3n) is 7.70. The topological polar surface area (TPSA) is 84.0 Å². The monoisotopic (exact) mass is 570 g/mol. The largest absolute Gasteiger partial charge is 0.496 e. The molecular weight excluding hydrogens is 548 g/mol. The van der Waals surface area contributed by atoms with Crippen LogP contribution in [0.3, 0.4) is 0 Å². The summed E-state index contributed by atoms with van der Waals surface area (Å²) in [7, 11) is 1.55. The smallest absolute Gasteiger partial charge is 0.240 e. The molecule has 2 fully saturated rings. The first kappa shape index (κ1) is 24.3. The number of carbonyl (C=O) groups excluding carboxylic acids is 4. The molecule has 0 bridgehead atoms. The number of fused-ring (bicyclic) bond motifs is 5. The van der Waals surface area contributed by atoms with Crippen LogP contribution < -0.4 is 9.64 Å². The zero-order valence-corrected chi connectivity index (χ0v) is 22.2. The summed E-state index contributed by atoms with van der Waals surface area (Å²) in [6.07, 6.45) is 3.75. The molecule has 3 aliphatic heterocycles. The van der Waals surface area contributed by atoms with E-state index in [0.29, 0.717) is 27.0 Å². The number of amides is 2. The summed E-state index contributed by atoms with van der Waals surface area (Å²) >= 11 is 3.45. The van der Waals surface area contributed by atoms with Crippen LogP contribution in [0.15, 0.2) is 77.4 Å². The average Bonchev–Trinajstić information content (AvgIpc) is 3.40. The number of benzene rings is 3. The summed E-state index contributed by atoms with van der Waals surface area (Å²) < 4.78 is 5.93. The van der Waals surface area contributed by atoms with Crippen molar-refractivity contribution in [2.24, 2.45) is 11.8 Å². The molecule has 3 aromatic carbocycles. The number of anilines is 1.